The molecule has 2 unspecified atom stereocenters. The first-order valence-corrected chi connectivity index (χ1v) is 5.86. The second kappa shape index (κ2) is 7.21. The zero-order valence-corrected chi connectivity index (χ0v) is 9.51. The molecule has 1 aliphatic heterocycles. The van der Waals surface area contributed by atoms with Crippen LogP contribution in [-0.4, -0.2) is 38.9 Å². The molecular formula is C11H24N2O. The smallest absolute Gasteiger partial charge is 0.0551 e. The van der Waals surface area contributed by atoms with E-state index in [-0.39, 0.29) is 0 Å². The van der Waals surface area contributed by atoms with Gasteiger partial charge in [0.2, 0.25) is 0 Å². The summed E-state index contributed by atoms with van der Waals surface area (Å²) in [5.41, 5.74) is 0. The molecule has 0 amide bonds. The molecule has 1 aliphatic rings. The van der Waals surface area contributed by atoms with Crippen molar-refractivity contribution in [2.45, 2.75) is 32.8 Å². The normalized spacial score (nSPS) is 27.0. The van der Waals surface area contributed by atoms with Crippen LogP contribution in [0.25, 0.3) is 0 Å². The van der Waals surface area contributed by atoms with E-state index in [1.54, 1.807) is 0 Å². The van der Waals surface area contributed by atoms with Gasteiger partial charge in [-0.2, -0.15) is 0 Å². The van der Waals surface area contributed by atoms with Gasteiger partial charge >= 0.3 is 0 Å². The first kappa shape index (κ1) is 12.0. The molecule has 0 aliphatic carbocycles. The topological polar surface area (TPSA) is 33.3 Å². The van der Waals surface area contributed by atoms with Crippen LogP contribution in [0, 0.1) is 5.92 Å². The monoisotopic (exact) mass is 200 g/mol. The Hall–Kier alpha value is -0.120. The Bertz CT molecular complexity index is 141. The van der Waals surface area contributed by atoms with Gasteiger partial charge in [0.25, 0.3) is 0 Å². The van der Waals surface area contributed by atoms with Crippen molar-refractivity contribution >= 4 is 0 Å². The van der Waals surface area contributed by atoms with Gasteiger partial charge in [0, 0.05) is 19.6 Å². The maximum atomic E-state index is 5.51. The summed E-state index contributed by atoms with van der Waals surface area (Å²) in [7, 11) is 0. The van der Waals surface area contributed by atoms with Gasteiger partial charge in [-0.3, -0.25) is 0 Å². The molecule has 84 valence electrons. The largest absolute Gasteiger partial charge is 0.378 e. The Morgan fingerprint density at radius 2 is 2.00 bits per heavy atom. The number of rotatable bonds is 7. The molecule has 1 saturated heterocycles. The zero-order chi connectivity index (χ0) is 10.2. The highest BCUT2D eigenvalue weighted by molar-refractivity contribution is 4.72. The maximum Gasteiger partial charge on any atom is 0.0551 e. The highest BCUT2D eigenvalue weighted by Gasteiger charge is 2.20. The van der Waals surface area contributed by atoms with Crippen LogP contribution in [0.15, 0.2) is 0 Å². The van der Waals surface area contributed by atoms with E-state index < -0.39 is 0 Å². The van der Waals surface area contributed by atoms with Crippen LogP contribution in [0.2, 0.25) is 0 Å². The summed E-state index contributed by atoms with van der Waals surface area (Å²) in [6.07, 6.45) is 2.91. The molecule has 14 heavy (non-hydrogen) atoms. The van der Waals surface area contributed by atoms with Crippen molar-refractivity contribution < 1.29 is 4.74 Å². The summed E-state index contributed by atoms with van der Waals surface area (Å²) < 4.78 is 5.51. The molecule has 0 bridgehead atoms. The molecule has 0 radical (unpaired) electrons. The highest BCUT2D eigenvalue weighted by atomic mass is 16.5. The van der Waals surface area contributed by atoms with E-state index in [1.807, 2.05) is 0 Å². The molecule has 2 atom stereocenters. The fourth-order valence-electron chi connectivity index (χ4n) is 1.83. The predicted octanol–water partition coefficient (Wildman–Crippen LogP) is 1.00. The van der Waals surface area contributed by atoms with Crippen molar-refractivity contribution in [3.63, 3.8) is 0 Å². The number of nitrogens with one attached hydrogen (secondary N) is 2. The molecule has 1 fully saturated rings. The Morgan fingerprint density at radius 3 is 2.64 bits per heavy atom. The second-order valence-corrected chi connectivity index (χ2v) is 4.20. The van der Waals surface area contributed by atoms with E-state index in [9.17, 15) is 0 Å². The van der Waals surface area contributed by atoms with Crippen molar-refractivity contribution in [2.75, 3.05) is 32.8 Å². The number of hydrogen-bond donors (Lipinski definition) is 2. The Labute approximate surface area is 87.6 Å². The highest BCUT2D eigenvalue weighted by Crippen LogP contribution is 2.17. The molecule has 0 aromatic heterocycles. The first-order chi connectivity index (χ1) is 6.83. The van der Waals surface area contributed by atoms with Crippen LogP contribution >= 0.6 is 0 Å². The summed E-state index contributed by atoms with van der Waals surface area (Å²) in [6.45, 7) is 9.68. The predicted molar refractivity (Wildman–Crippen MR) is 59.6 cm³/mol. The van der Waals surface area contributed by atoms with Crippen LogP contribution in [-0.2, 0) is 4.74 Å². The Balaban J connectivity index is 1.84. The number of hydrogen-bond acceptors (Lipinski definition) is 3. The Morgan fingerprint density at radius 1 is 1.21 bits per heavy atom. The second-order valence-electron chi connectivity index (χ2n) is 4.20. The third-order valence-corrected chi connectivity index (χ3v) is 2.62. The summed E-state index contributed by atoms with van der Waals surface area (Å²) in [4.78, 5) is 0. The van der Waals surface area contributed by atoms with Crippen molar-refractivity contribution in [1.82, 2.24) is 10.6 Å². The van der Waals surface area contributed by atoms with E-state index in [4.69, 9.17) is 4.74 Å². The lowest BCUT2D eigenvalue weighted by Crippen LogP contribution is -2.31. The molecule has 0 aromatic rings. The average Bonchev–Trinajstić information content (AvgIpc) is 2.58. The number of ether oxygens (including phenoxy) is 1. The van der Waals surface area contributed by atoms with Gasteiger partial charge in [-0.1, -0.05) is 6.92 Å². The summed E-state index contributed by atoms with van der Waals surface area (Å²) in [5.74, 6) is 0.733. The lowest BCUT2D eigenvalue weighted by atomic mass is 10.1. The SMILES string of the molecule is CCCNCCNCC1COC(C)C1. The minimum Gasteiger partial charge on any atom is -0.378 e. The van der Waals surface area contributed by atoms with Gasteiger partial charge in [0.05, 0.1) is 12.7 Å². The van der Waals surface area contributed by atoms with Crippen LogP contribution in [0.1, 0.15) is 26.7 Å². The van der Waals surface area contributed by atoms with Gasteiger partial charge in [-0.15, -0.1) is 0 Å². The fraction of sp³-hybridized carbons (Fsp3) is 1.00. The van der Waals surface area contributed by atoms with Crippen LogP contribution < -0.4 is 10.6 Å². The summed E-state index contributed by atoms with van der Waals surface area (Å²) in [6, 6.07) is 0. The van der Waals surface area contributed by atoms with Gasteiger partial charge < -0.3 is 15.4 Å². The average molecular weight is 200 g/mol. The molecule has 0 saturated carbocycles. The molecule has 2 N–H and O–H groups in total. The van der Waals surface area contributed by atoms with E-state index in [2.05, 4.69) is 24.5 Å². The molecule has 3 heteroatoms. The van der Waals surface area contributed by atoms with Gasteiger partial charge in [-0.05, 0) is 32.2 Å². The summed E-state index contributed by atoms with van der Waals surface area (Å²) >= 11 is 0. The third kappa shape index (κ3) is 4.94. The molecule has 1 rings (SSSR count). The minimum absolute atomic E-state index is 0.472. The Kier molecular flexibility index (Phi) is 6.15. The first-order valence-electron chi connectivity index (χ1n) is 5.86. The quantitative estimate of drug-likeness (QED) is 0.602. The van der Waals surface area contributed by atoms with Crippen LogP contribution in [0.5, 0.6) is 0 Å². The lowest BCUT2D eigenvalue weighted by Gasteiger charge is -2.09. The molecule has 0 spiro atoms. The molecule has 1 heterocycles. The van der Waals surface area contributed by atoms with E-state index >= 15 is 0 Å². The van der Waals surface area contributed by atoms with Gasteiger partial charge in [0.1, 0.15) is 0 Å². The van der Waals surface area contributed by atoms with Crippen molar-refractivity contribution in [2.24, 2.45) is 5.92 Å². The van der Waals surface area contributed by atoms with Crippen molar-refractivity contribution in [1.29, 1.82) is 0 Å². The third-order valence-electron chi connectivity index (χ3n) is 2.62. The molecule has 3 nitrogen and oxygen atoms in total. The van der Waals surface area contributed by atoms with Crippen molar-refractivity contribution in [3.05, 3.63) is 0 Å². The lowest BCUT2D eigenvalue weighted by molar-refractivity contribution is 0.120. The van der Waals surface area contributed by atoms with E-state index in [1.165, 1.54) is 12.8 Å². The van der Waals surface area contributed by atoms with Gasteiger partial charge in [-0.25, -0.2) is 0 Å². The maximum absolute atomic E-state index is 5.51. The molecule has 0 aromatic carbocycles. The van der Waals surface area contributed by atoms with E-state index in [0.29, 0.717) is 6.10 Å². The molecular weight excluding hydrogens is 176 g/mol. The summed E-state index contributed by atoms with van der Waals surface area (Å²) in [5, 5.41) is 6.84. The van der Waals surface area contributed by atoms with Gasteiger partial charge in [0.15, 0.2) is 0 Å². The van der Waals surface area contributed by atoms with Crippen LogP contribution in [0.3, 0.4) is 0 Å². The minimum atomic E-state index is 0.472. The van der Waals surface area contributed by atoms with Crippen LogP contribution in [0.4, 0.5) is 0 Å². The fourth-order valence-corrected chi connectivity index (χ4v) is 1.83. The zero-order valence-electron chi connectivity index (χ0n) is 9.51. The van der Waals surface area contributed by atoms with Crippen molar-refractivity contribution in [3.8, 4) is 0 Å². The van der Waals surface area contributed by atoms with E-state index in [0.717, 1.165) is 38.7 Å². The standard InChI is InChI=1S/C11H24N2O/c1-3-4-12-5-6-13-8-11-7-10(2)14-9-11/h10-13H,3-9H2,1-2H3.